The lowest BCUT2D eigenvalue weighted by Gasteiger charge is -2.24. The molecule has 1 aromatic carbocycles. The minimum atomic E-state index is -1.05. The number of anilines is 1. The van der Waals surface area contributed by atoms with Gasteiger partial charge in [-0.15, -0.1) is 0 Å². The number of hydrogen-bond acceptors (Lipinski definition) is 5. The summed E-state index contributed by atoms with van der Waals surface area (Å²) in [5, 5.41) is 15.9. The Kier molecular flexibility index (Phi) is 4.29. The van der Waals surface area contributed by atoms with Crippen LogP contribution in [0.2, 0.25) is 0 Å². The van der Waals surface area contributed by atoms with Crippen LogP contribution in [-0.2, 0) is 0 Å². The Morgan fingerprint density at radius 3 is 2.77 bits per heavy atom. The summed E-state index contributed by atoms with van der Waals surface area (Å²) >= 11 is 0. The van der Waals surface area contributed by atoms with Crippen molar-refractivity contribution in [2.45, 2.75) is 18.9 Å². The van der Waals surface area contributed by atoms with Crippen molar-refractivity contribution < 1.29 is 9.90 Å². The van der Waals surface area contributed by atoms with E-state index < -0.39 is 5.97 Å². The molecule has 1 aliphatic heterocycles. The molecule has 3 rings (SSSR count). The summed E-state index contributed by atoms with van der Waals surface area (Å²) in [6.45, 7) is 1.88. The van der Waals surface area contributed by atoms with E-state index in [0.29, 0.717) is 11.6 Å². The molecule has 22 heavy (non-hydrogen) atoms. The third-order valence-electron chi connectivity index (χ3n) is 3.63. The van der Waals surface area contributed by atoms with Crippen LogP contribution in [0, 0.1) is 0 Å². The third-order valence-corrected chi connectivity index (χ3v) is 3.63. The molecule has 3 N–H and O–H groups in total. The van der Waals surface area contributed by atoms with Crippen LogP contribution in [-0.4, -0.2) is 40.2 Å². The highest BCUT2D eigenvalue weighted by molar-refractivity contribution is 5.87. The fraction of sp³-hybridized carbons (Fsp3) is 0.312. The van der Waals surface area contributed by atoms with Crippen molar-refractivity contribution in [3.05, 3.63) is 42.1 Å². The number of carbonyl (C=O) groups is 1. The molecule has 0 bridgehead atoms. The van der Waals surface area contributed by atoms with Crippen LogP contribution in [0.25, 0.3) is 11.4 Å². The molecule has 1 atom stereocenters. The normalized spacial score (nSPS) is 17.9. The number of nitrogens with zero attached hydrogens (tertiary/aromatic N) is 2. The molecule has 0 saturated carbocycles. The summed E-state index contributed by atoms with van der Waals surface area (Å²) in [6.07, 6.45) is 2.14. The number of rotatable bonds is 4. The van der Waals surface area contributed by atoms with Crippen LogP contribution in [0.5, 0.6) is 0 Å². The topological polar surface area (TPSA) is 87.1 Å². The van der Waals surface area contributed by atoms with Gasteiger partial charge >= 0.3 is 5.97 Å². The third kappa shape index (κ3) is 3.40. The minimum absolute atomic E-state index is 0.000113. The van der Waals surface area contributed by atoms with Crippen LogP contribution >= 0.6 is 0 Å². The Balaban J connectivity index is 1.91. The minimum Gasteiger partial charge on any atom is -0.477 e. The number of carboxylic acid groups (broad SMARTS) is 1. The Morgan fingerprint density at radius 2 is 2.09 bits per heavy atom. The second-order valence-corrected chi connectivity index (χ2v) is 5.32. The van der Waals surface area contributed by atoms with Gasteiger partial charge in [0.05, 0.1) is 0 Å². The summed E-state index contributed by atoms with van der Waals surface area (Å²) in [4.78, 5) is 19.9. The van der Waals surface area contributed by atoms with Crippen molar-refractivity contribution in [1.82, 2.24) is 15.3 Å². The number of piperidine rings is 1. The average Bonchev–Trinajstić information content (AvgIpc) is 2.56. The van der Waals surface area contributed by atoms with Gasteiger partial charge in [0, 0.05) is 24.2 Å². The molecule has 6 nitrogen and oxygen atoms in total. The summed E-state index contributed by atoms with van der Waals surface area (Å²) in [5.74, 6) is -0.0730. The molecule has 0 aliphatic carbocycles. The molecule has 0 amide bonds. The zero-order valence-corrected chi connectivity index (χ0v) is 12.1. The van der Waals surface area contributed by atoms with Gasteiger partial charge in [-0.25, -0.2) is 14.8 Å². The van der Waals surface area contributed by atoms with Gasteiger partial charge in [-0.1, -0.05) is 30.3 Å². The smallest absolute Gasteiger partial charge is 0.354 e. The number of carboxylic acids is 1. The SMILES string of the molecule is O=C(O)c1cc(NC2CCCNC2)nc(-c2ccccc2)n1. The van der Waals surface area contributed by atoms with Crippen molar-refractivity contribution in [2.24, 2.45) is 0 Å². The first-order valence-corrected chi connectivity index (χ1v) is 7.37. The predicted octanol–water partition coefficient (Wildman–Crippen LogP) is 2.01. The Hall–Kier alpha value is -2.47. The highest BCUT2D eigenvalue weighted by Crippen LogP contribution is 2.19. The first-order chi connectivity index (χ1) is 10.7. The van der Waals surface area contributed by atoms with E-state index in [4.69, 9.17) is 0 Å². The molecular weight excluding hydrogens is 280 g/mol. The Morgan fingerprint density at radius 1 is 1.27 bits per heavy atom. The van der Waals surface area contributed by atoms with Crippen LogP contribution in [0.3, 0.4) is 0 Å². The number of aromatic nitrogens is 2. The summed E-state index contributed by atoms with van der Waals surface area (Å²) < 4.78 is 0. The van der Waals surface area contributed by atoms with Gasteiger partial charge in [0.1, 0.15) is 5.82 Å². The van der Waals surface area contributed by atoms with E-state index >= 15 is 0 Å². The van der Waals surface area contributed by atoms with Crippen LogP contribution in [0.4, 0.5) is 5.82 Å². The second kappa shape index (κ2) is 6.53. The van der Waals surface area contributed by atoms with Gasteiger partial charge < -0.3 is 15.7 Å². The van der Waals surface area contributed by atoms with E-state index in [1.165, 1.54) is 6.07 Å². The fourth-order valence-corrected chi connectivity index (χ4v) is 2.53. The largest absolute Gasteiger partial charge is 0.477 e. The number of benzene rings is 1. The van der Waals surface area contributed by atoms with Crippen LogP contribution < -0.4 is 10.6 Å². The highest BCUT2D eigenvalue weighted by atomic mass is 16.4. The molecule has 1 unspecified atom stereocenters. The van der Waals surface area contributed by atoms with E-state index in [-0.39, 0.29) is 11.7 Å². The lowest BCUT2D eigenvalue weighted by atomic mass is 10.1. The average molecular weight is 298 g/mol. The summed E-state index contributed by atoms with van der Waals surface area (Å²) in [6, 6.07) is 11.1. The zero-order chi connectivity index (χ0) is 15.4. The molecule has 1 aromatic heterocycles. The molecule has 2 heterocycles. The first-order valence-electron chi connectivity index (χ1n) is 7.37. The molecular formula is C16H18N4O2. The molecule has 1 fully saturated rings. The van der Waals surface area contributed by atoms with Gasteiger partial charge in [0.2, 0.25) is 0 Å². The van der Waals surface area contributed by atoms with E-state index in [9.17, 15) is 9.90 Å². The monoisotopic (exact) mass is 298 g/mol. The van der Waals surface area contributed by atoms with Gasteiger partial charge in [-0.2, -0.15) is 0 Å². The standard InChI is InChI=1S/C16H18N4O2/c21-16(22)13-9-14(18-12-7-4-8-17-10-12)20-15(19-13)11-5-2-1-3-6-11/h1-3,5-6,9,12,17H,4,7-8,10H2,(H,21,22)(H,18,19,20). The van der Waals surface area contributed by atoms with E-state index in [0.717, 1.165) is 31.5 Å². The van der Waals surface area contributed by atoms with Crippen molar-refractivity contribution in [3.63, 3.8) is 0 Å². The van der Waals surface area contributed by atoms with Crippen LogP contribution in [0.15, 0.2) is 36.4 Å². The molecule has 1 aliphatic rings. The van der Waals surface area contributed by atoms with Gasteiger partial charge in [-0.05, 0) is 19.4 Å². The quantitative estimate of drug-likeness (QED) is 0.800. The zero-order valence-electron chi connectivity index (χ0n) is 12.1. The molecule has 0 radical (unpaired) electrons. The van der Waals surface area contributed by atoms with Crippen molar-refractivity contribution in [1.29, 1.82) is 0 Å². The number of hydrogen-bond donors (Lipinski definition) is 3. The van der Waals surface area contributed by atoms with Crippen molar-refractivity contribution >= 4 is 11.8 Å². The second-order valence-electron chi connectivity index (χ2n) is 5.32. The molecule has 1 saturated heterocycles. The highest BCUT2D eigenvalue weighted by Gasteiger charge is 2.16. The van der Waals surface area contributed by atoms with Crippen molar-refractivity contribution in [3.8, 4) is 11.4 Å². The predicted molar refractivity (Wildman–Crippen MR) is 83.9 cm³/mol. The summed E-state index contributed by atoms with van der Waals surface area (Å²) in [7, 11) is 0. The molecule has 0 spiro atoms. The number of aromatic carboxylic acids is 1. The maximum Gasteiger partial charge on any atom is 0.354 e. The maximum atomic E-state index is 11.3. The van der Waals surface area contributed by atoms with Gasteiger partial charge in [0.15, 0.2) is 11.5 Å². The van der Waals surface area contributed by atoms with E-state index in [1.807, 2.05) is 30.3 Å². The lowest BCUT2D eigenvalue weighted by molar-refractivity contribution is 0.0690. The van der Waals surface area contributed by atoms with E-state index in [1.54, 1.807) is 0 Å². The fourth-order valence-electron chi connectivity index (χ4n) is 2.53. The number of nitrogens with one attached hydrogen (secondary N) is 2. The molecule has 6 heteroatoms. The Labute approximate surface area is 128 Å². The van der Waals surface area contributed by atoms with Crippen molar-refractivity contribution in [2.75, 3.05) is 18.4 Å². The maximum absolute atomic E-state index is 11.3. The Bertz CT molecular complexity index is 654. The lowest BCUT2D eigenvalue weighted by Crippen LogP contribution is -2.38. The van der Waals surface area contributed by atoms with Gasteiger partial charge in [0.25, 0.3) is 0 Å². The molecule has 114 valence electrons. The summed E-state index contributed by atoms with van der Waals surface area (Å²) in [5.41, 5.74) is 0.801. The first kappa shape index (κ1) is 14.5. The molecule has 2 aromatic rings. The van der Waals surface area contributed by atoms with Crippen LogP contribution in [0.1, 0.15) is 23.3 Å². The van der Waals surface area contributed by atoms with E-state index in [2.05, 4.69) is 20.6 Å². The van der Waals surface area contributed by atoms with Gasteiger partial charge in [-0.3, -0.25) is 0 Å².